The molecular weight excluding hydrogens is 246 g/mol. The highest BCUT2D eigenvalue weighted by molar-refractivity contribution is 7.80. The maximum absolute atomic E-state index is 12.0. The van der Waals surface area contributed by atoms with Crippen LogP contribution in [0.2, 0.25) is 0 Å². The number of piperidine rings is 1. The van der Waals surface area contributed by atoms with E-state index in [1.807, 2.05) is 20.9 Å². The van der Waals surface area contributed by atoms with Crippen LogP contribution in [0.25, 0.3) is 0 Å². The van der Waals surface area contributed by atoms with Crippen molar-refractivity contribution in [2.75, 3.05) is 26.7 Å². The van der Waals surface area contributed by atoms with Crippen LogP contribution in [0.4, 0.5) is 0 Å². The van der Waals surface area contributed by atoms with E-state index in [-0.39, 0.29) is 17.4 Å². The molecule has 1 amide bonds. The minimum absolute atomic E-state index is 0.0289. The SMILES string of the molecule is CC(C)N(C)C(=O)CN1CCC(C)(C(N)=S)CC1. The number of rotatable bonds is 4. The van der Waals surface area contributed by atoms with Crippen LogP contribution in [0.5, 0.6) is 0 Å². The van der Waals surface area contributed by atoms with Crippen molar-refractivity contribution in [3.8, 4) is 0 Å². The minimum Gasteiger partial charge on any atom is -0.393 e. The van der Waals surface area contributed by atoms with Crippen LogP contribution >= 0.6 is 12.2 Å². The summed E-state index contributed by atoms with van der Waals surface area (Å²) in [6.45, 7) is 8.46. The average molecular weight is 271 g/mol. The van der Waals surface area contributed by atoms with Gasteiger partial charge < -0.3 is 10.6 Å². The lowest BCUT2D eigenvalue weighted by molar-refractivity contribution is -0.133. The Labute approximate surface area is 115 Å². The van der Waals surface area contributed by atoms with Crippen LogP contribution in [0.15, 0.2) is 0 Å². The van der Waals surface area contributed by atoms with E-state index in [1.165, 1.54) is 0 Å². The fraction of sp³-hybridized carbons (Fsp3) is 0.846. The molecule has 1 saturated heterocycles. The lowest BCUT2D eigenvalue weighted by Crippen LogP contribution is -2.48. The molecule has 4 nitrogen and oxygen atoms in total. The molecule has 0 aromatic heterocycles. The maximum atomic E-state index is 12.0. The van der Waals surface area contributed by atoms with Gasteiger partial charge in [-0.15, -0.1) is 0 Å². The first kappa shape index (κ1) is 15.4. The predicted octanol–water partition coefficient (Wildman–Crippen LogP) is 1.24. The molecule has 1 fully saturated rings. The van der Waals surface area contributed by atoms with Crippen molar-refractivity contribution >= 4 is 23.1 Å². The number of carbonyl (C=O) groups is 1. The quantitative estimate of drug-likeness (QED) is 0.782. The zero-order valence-electron chi connectivity index (χ0n) is 11.9. The third-order valence-corrected chi connectivity index (χ3v) is 4.57. The Morgan fingerprint density at radius 2 is 1.94 bits per heavy atom. The number of likely N-dealkylation sites (N-methyl/N-ethyl adjacent to an activating group) is 1. The molecule has 18 heavy (non-hydrogen) atoms. The van der Waals surface area contributed by atoms with Gasteiger partial charge in [0.1, 0.15) is 0 Å². The summed E-state index contributed by atoms with van der Waals surface area (Å²) in [5.41, 5.74) is 5.74. The molecule has 1 rings (SSSR count). The van der Waals surface area contributed by atoms with E-state index in [0.717, 1.165) is 25.9 Å². The van der Waals surface area contributed by atoms with Gasteiger partial charge in [-0.05, 0) is 39.8 Å². The first-order valence-corrected chi connectivity index (χ1v) is 6.95. The molecule has 0 aliphatic carbocycles. The highest BCUT2D eigenvalue weighted by atomic mass is 32.1. The molecule has 1 aliphatic heterocycles. The average Bonchev–Trinajstić information content (AvgIpc) is 2.30. The Morgan fingerprint density at radius 3 is 2.33 bits per heavy atom. The van der Waals surface area contributed by atoms with Crippen LogP contribution in [0.3, 0.4) is 0 Å². The molecule has 5 heteroatoms. The van der Waals surface area contributed by atoms with E-state index in [0.29, 0.717) is 11.5 Å². The lowest BCUT2D eigenvalue weighted by Gasteiger charge is -2.39. The monoisotopic (exact) mass is 271 g/mol. The molecule has 2 N–H and O–H groups in total. The normalized spacial score (nSPS) is 19.8. The minimum atomic E-state index is -0.0289. The third kappa shape index (κ3) is 3.65. The van der Waals surface area contributed by atoms with Gasteiger partial charge in [0.15, 0.2) is 0 Å². The van der Waals surface area contributed by atoms with Gasteiger partial charge in [-0.3, -0.25) is 9.69 Å². The fourth-order valence-corrected chi connectivity index (χ4v) is 2.25. The highest BCUT2D eigenvalue weighted by Crippen LogP contribution is 2.30. The molecule has 104 valence electrons. The summed E-state index contributed by atoms with van der Waals surface area (Å²) in [5.74, 6) is 0.184. The summed E-state index contributed by atoms with van der Waals surface area (Å²) >= 11 is 5.12. The lowest BCUT2D eigenvalue weighted by atomic mass is 9.80. The summed E-state index contributed by atoms with van der Waals surface area (Å²) in [4.78, 5) is 16.6. The third-order valence-electron chi connectivity index (χ3n) is 4.08. The molecule has 1 aliphatic rings. The van der Waals surface area contributed by atoms with Gasteiger partial charge in [0.25, 0.3) is 0 Å². The van der Waals surface area contributed by atoms with E-state index in [2.05, 4.69) is 11.8 Å². The molecule has 0 aromatic rings. The molecular formula is C13H25N3OS. The van der Waals surface area contributed by atoms with Gasteiger partial charge >= 0.3 is 0 Å². The molecule has 0 unspecified atom stereocenters. The molecule has 0 bridgehead atoms. The number of nitrogens with zero attached hydrogens (tertiary/aromatic N) is 2. The van der Waals surface area contributed by atoms with Crippen LogP contribution < -0.4 is 5.73 Å². The number of likely N-dealkylation sites (tertiary alicyclic amines) is 1. The number of nitrogens with two attached hydrogens (primary N) is 1. The van der Waals surface area contributed by atoms with Crippen molar-refractivity contribution in [1.82, 2.24) is 9.80 Å². The first-order chi connectivity index (χ1) is 8.26. The summed E-state index contributed by atoms with van der Waals surface area (Å²) in [7, 11) is 1.86. The van der Waals surface area contributed by atoms with E-state index < -0.39 is 0 Å². The molecule has 0 spiro atoms. The van der Waals surface area contributed by atoms with Gasteiger partial charge in [-0.1, -0.05) is 19.1 Å². The van der Waals surface area contributed by atoms with Crippen LogP contribution in [0.1, 0.15) is 33.6 Å². The summed E-state index contributed by atoms with van der Waals surface area (Å²) in [5, 5.41) is 0. The maximum Gasteiger partial charge on any atom is 0.236 e. The van der Waals surface area contributed by atoms with Crippen molar-refractivity contribution in [3.63, 3.8) is 0 Å². The second-order valence-corrected chi connectivity index (χ2v) is 6.24. The van der Waals surface area contributed by atoms with Crippen molar-refractivity contribution in [2.45, 2.75) is 39.7 Å². The molecule has 0 radical (unpaired) electrons. The van der Waals surface area contributed by atoms with E-state index in [1.54, 1.807) is 4.90 Å². The molecule has 0 aromatic carbocycles. The molecule has 0 saturated carbocycles. The van der Waals surface area contributed by atoms with E-state index in [9.17, 15) is 4.79 Å². The van der Waals surface area contributed by atoms with Crippen molar-refractivity contribution in [2.24, 2.45) is 11.1 Å². The van der Waals surface area contributed by atoms with Gasteiger partial charge in [0.05, 0.1) is 11.5 Å². The number of hydrogen-bond donors (Lipinski definition) is 1. The Hall–Kier alpha value is -0.680. The van der Waals surface area contributed by atoms with E-state index >= 15 is 0 Å². The predicted molar refractivity (Wildman–Crippen MR) is 78.5 cm³/mol. The zero-order chi connectivity index (χ0) is 13.9. The number of amides is 1. The number of thiocarbonyl (C=S) groups is 1. The second kappa shape index (κ2) is 5.97. The van der Waals surface area contributed by atoms with Gasteiger partial charge in [-0.25, -0.2) is 0 Å². The number of carbonyl (C=O) groups excluding carboxylic acids is 1. The van der Waals surface area contributed by atoms with Gasteiger partial charge in [-0.2, -0.15) is 0 Å². The smallest absolute Gasteiger partial charge is 0.236 e. The summed E-state index contributed by atoms with van der Waals surface area (Å²) in [6, 6.07) is 0.254. The Kier molecular flexibility index (Phi) is 5.10. The van der Waals surface area contributed by atoms with Crippen LogP contribution in [-0.2, 0) is 4.79 Å². The van der Waals surface area contributed by atoms with Gasteiger partial charge in [0, 0.05) is 18.5 Å². The molecule has 1 heterocycles. The summed E-state index contributed by atoms with van der Waals surface area (Å²) < 4.78 is 0. The molecule has 0 atom stereocenters. The van der Waals surface area contributed by atoms with Crippen molar-refractivity contribution in [3.05, 3.63) is 0 Å². The Balaban J connectivity index is 2.45. The fourth-order valence-electron chi connectivity index (χ4n) is 2.04. The van der Waals surface area contributed by atoms with E-state index in [4.69, 9.17) is 18.0 Å². The Bertz CT molecular complexity index is 322. The zero-order valence-corrected chi connectivity index (χ0v) is 12.7. The second-order valence-electron chi connectivity index (χ2n) is 5.80. The van der Waals surface area contributed by atoms with Crippen molar-refractivity contribution in [1.29, 1.82) is 0 Å². The van der Waals surface area contributed by atoms with Crippen LogP contribution in [0, 0.1) is 5.41 Å². The number of hydrogen-bond acceptors (Lipinski definition) is 3. The Morgan fingerprint density at radius 1 is 1.44 bits per heavy atom. The van der Waals surface area contributed by atoms with Crippen molar-refractivity contribution < 1.29 is 4.79 Å². The first-order valence-electron chi connectivity index (χ1n) is 6.54. The largest absolute Gasteiger partial charge is 0.393 e. The topological polar surface area (TPSA) is 49.6 Å². The van der Waals surface area contributed by atoms with Crippen LogP contribution in [-0.4, -0.2) is 53.4 Å². The summed E-state index contributed by atoms with van der Waals surface area (Å²) in [6.07, 6.45) is 1.89. The van der Waals surface area contributed by atoms with Gasteiger partial charge in [0.2, 0.25) is 5.91 Å². The standard InChI is InChI=1S/C13H25N3OS/c1-10(2)15(4)11(17)9-16-7-5-13(3,6-8-16)12(14)18/h10H,5-9H2,1-4H3,(H2,14,18). The highest BCUT2D eigenvalue weighted by Gasteiger charge is 2.33.